The van der Waals surface area contributed by atoms with E-state index in [4.69, 9.17) is 9.47 Å². The molecule has 3 rings (SSSR count). The Balaban J connectivity index is 2.05. The van der Waals surface area contributed by atoms with Crippen LogP contribution in [0.15, 0.2) is 18.2 Å². The number of esters is 1. The lowest BCUT2D eigenvalue weighted by atomic mass is 10.1. The maximum atomic E-state index is 11.7. The molecule has 1 aromatic carbocycles. The van der Waals surface area contributed by atoms with Crippen LogP contribution in [0.3, 0.4) is 0 Å². The van der Waals surface area contributed by atoms with Crippen molar-refractivity contribution in [2.75, 3.05) is 32.2 Å². The van der Waals surface area contributed by atoms with Crippen molar-refractivity contribution in [1.82, 2.24) is 4.98 Å². The minimum Gasteiger partial charge on any atom is -0.496 e. The second-order valence-electron chi connectivity index (χ2n) is 5.33. The molecule has 0 atom stereocenters. The summed E-state index contributed by atoms with van der Waals surface area (Å²) in [7, 11) is 3.03. The van der Waals surface area contributed by atoms with Crippen molar-refractivity contribution in [3.8, 4) is 5.75 Å². The van der Waals surface area contributed by atoms with Gasteiger partial charge in [0.2, 0.25) is 0 Å². The highest BCUT2D eigenvalue weighted by Gasteiger charge is 2.17. The summed E-state index contributed by atoms with van der Waals surface area (Å²) >= 11 is 0. The summed E-state index contributed by atoms with van der Waals surface area (Å²) in [6, 6.07) is 5.90. The summed E-state index contributed by atoms with van der Waals surface area (Å²) in [6.07, 6.45) is 3.74. The number of H-pyrrole nitrogens is 1. The van der Waals surface area contributed by atoms with Gasteiger partial charge in [0.15, 0.2) is 0 Å². The number of nitrogens with zero attached hydrogens (tertiary/aromatic N) is 1. The van der Waals surface area contributed by atoms with Crippen molar-refractivity contribution in [2.45, 2.75) is 19.3 Å². The van der Waals surface area contributed by atoms with E-state index in [1.54, 1.807) is 13.2 Å². The molecule has 1 aliphatic heterocycles. The van der Waals surface area contributed by atoms with Gasteiger partial charge in [0.1, 0.15) is 11.4 Å². The summed E-state index contributed by atoms with van der Waals surface area (Å²) < 4.78 is 10.3. The van der Waals surface area contributed by atoms with Gasteiger partial charge < -0.3 is 19.4 Å². The molecule has 0 unspecified atom stereocenters. The second kappa shape index (κ2) is 5.68. The Labute approximate surface area is 123 Å². The van der Waals surface area contributed by atoms with Crippen molar-refractivity contribution in [1.29, 1.82) is 0 Å². The van der Waals surface area contributed by atoms with Crippen LogP contribution in [0.5, 0.6) is 5.75 Å². The molecular formula is C16H20N2O3. The minimum atomic E-state index is -0.368. The van der Waals surface area contributed by atoms with Gasteiger partial charge in [0.25, 0.3) is 0 Å². The fraction of sp³-hybridized carbons (Fsp3) is 0.438. The molecule has 1 aliphatic rings. The molecule has 2 aromatic rings. The van der Waals surface area contributed by atoms with E-state index in [9.17, 15) is 4.79 Å². The summed E-state index contributed by atoms with van der Waals surface area (Å²) in [5.41, 5.74) is 2.48. The first kappa shape index (κ1) is 13.8. The lowest BCUT2D eigenvalue weighted by Gasteiger charge is -2.29. The number of hydrogen-bond acceptors (Lipinski definition) is 4. The van der Waals surface area contributed by atoms with Crippen molar-refractivity contribution in [3.63, 3.8) is 0 Å². The van der Waals surface area contributed by atoms with E-state index in [1.165, 1.54) is 26.4 Å². The zero-order valence-electron chi connectivity index (χ0n) is 12.4. The number of anilines is 1. The standard InChI is InChI=1S/C16H20N2O3/c1-20-15-9-11(18-6-4-3-5-7-18)8-13-12(15)10-14(17-13)16(19)21-2/h8-10,17H,3-7H2,1-2H3. The fourth-order valence-corrected chi connectivity index (χ4v) is 2.91. The number of fused-ring (bicyclic) bond motifs is 1. The zero-order valence-corrected chi connectivity index (χ0v) is 12.4. The number of rotatable bonds is 3. The van der Waals surface area contributed by atoms with Crippen molar-refractivity contribution in [3.05, 3.63) is 23.9 Å². The van der Waals surface area contributed by atoms with E-state index < -0.39 is 0 Å². The van der Waals surface area contributed by atoms with Gasteiger partial charge in [-0.15, -0.1) is 0 Å². The van der Waals surface area contributed by atoms with Crippen LogP contribution in [0.2, 0.25) is 0 Å². The van der Waals surface area contributed by atoms with Crippen LogP contribution in [0.4, 0.5) is 5.69 Å². The molecule has 5 nitrogen and oxygen atoms in total. The van der Waals surface area contributed by atoms with E-state index in [1.807, 2.05) is 6.07 Å². The van der Waals surface area contributed by atoms with E-state index in [2.05, 4.69) is 16.0 Å². The molecule has 0 amide bonds. The Hall–Kier alpha value is -2.17. The molecule has 0 radical (unpaired) electrons. The number of piperidine rings is 1. The number of carbonyl (C=O) groups excluding carboxylic acids is 1. The predicted octanol–water partition coefficient (Wildman–Crippen LogP) is 2.95. The largest absolute Gasteiger partial charge is 0.496 e. The quantitative estimate of drug-likeness (QED) is 0.882. The van der Waals surface area contributed by atoms with Crippen molar-refractivity contribution in [2.24, 2.45) is 0 Å². The number of aromatic nitrogens is 1. The van der Waals surface area contributed by atoms with Crippen LogP contribution < -0.4 is 9.64 Å². The zero-order chi connectivity index (χ0) is 14.8. The first-order valence-electron chi connectivity index (χ1n) is 7.27. The second-order valence-corrected chi connectivity index (χ2v) is 5.33. The third-order valence-electron chi connectivity index (χ3n) is 4.03. The number of aromatic amines is 1. The van der Waals surface area contributed by atoms with E-state index in [0.717, 1.165) is 35.4 Å². The summed E-state index contributed by atoms with van der Waals surface area (Å²) in [4.78, 5) is 17.1. The number of methoxy groups -OCH3 is 2. The predicted molar refractivity (Wildman–Crippen MR) is 82.3 cm³/mol. The Morgan fingerprint density at radius 2 is 1.90 bits per heavy atom. The highest BCUT2D eigenvalue weighted by molar-refractivity contribution is 5.98. The van der Waals surface area contributed by atoms with Gasteiger partial charge in [-0.25, -0.2) is 4.79 Å². The topological polar surface area (TPSA) is 54.6 Å². The van der Waals surface area contributed by atoms with E-state index >= 15 is 0 Å². The number of ether oxygens (including phenoxy) is 2. The number of nitrogens with one attached hydrogen (secondary N) is 1. The normalized spacial score (nSPS) is 15.2. The molecular weight excluding hydrogens is 268 g/mol. The monoisotopic (exact) mass is 288 g/mol. The van der Waals surface area contributed by atoms with Gasteiger partial charge >= 0.3 is 5.97 Å². The SMILES string of the molecule is COC(=O)c1cc2c(OC)cc(N3CCCCC3)cc2[nH]1. The molecule has 1 saturated heterocycles. The molecule has 0 saturated carbocycles. The molecule has 0 spiro atoms. The molecule has 1 fully saturated rings. The van der Waals surface area contributed by atoms with Crippen LogP contribution in [-0.2, 0) is 4.74 Å². The third-order valence-corrected chi connectivity index (χ3v) is 4.03. The number of carbonyl (C=O) groups is 1. The Morgan fingerprint density at radius 1 is 1.14 bits per heavy atom. The minimum absolute atomic E-state index is 0.368. The van der Waals surface area contributed by atoms with Crippen LogP contribution in [0.25, 0.3) is 10.9 Å². The van der Waals surface area contributed by atoms with Crippen LogP contribution in [-0.4, -0.2) is 38.3 Å². The van der Waals surface area contributed by atoms with E-state index in [0.29, 0.717) is 5.69 Å². The highest BCUT2D eigenvalue weighted by atomic mass is 16.5. The third kappa shape index (κ3) is 2.55. The molecule has 1 aromatic heterocycles. The molecule has 0 bridgehead atoms. The molecule has 21 heavy (non-hydrogen) atoms. The molecule has 112 valence electrons. The summed E-state index contributed by atoms with van der Waals surface area (Å²) in [6.45, 7) is 2.14. The van der Waals surface area contributed by atoms with Gasteiger partial charge in [0, 0.05) is 30.2 Å². The average Bonchev–Trinajstić information content (AvgIpc) is 2.98. The summed E-state index contributed by atoms with van der Waals surface area (Å²) in [5, 5.41) is 0.902. The van der Waals surface area contributed by atoms with Crippen LogP contribution >= 0.6 is 0 Å². The van der Waals surface area contributed by atoms with Crippen LogP contribution in [0.1, 0.15) is 29.8 Å². The maximum absolute atomic E-state index is 11.7. The lowest BCUT2D eigenvalue weighted by molar-refractivity contribution is 0.0595. The molecule has 1 N–H and O–H groups in total. The maximum Gasteiger partial charge on any atom is 0.354 e. The molecule has 0 aliphatic carbocycles. The fourth-order valence-electron chi connectivity index (χ4n) is 2.91. The lowest BCUT2D eigenvalue weighted by Crippen LogP contribution is -2.29. The number of hydrogen-bond donors (Lipinski definition) is 1. The van der Waals surface area contributed by atoms with Gasteiger partial charge in [0.05, 0.1) is 19.7 Å². The van der Waals surface area contributed by atoms with E-state index in [-0.39, 0.29) is 5.97 Å². The smallest absolute Gasteiger partial charge is 0.354 e. The average molecular weight is 288 g/mol. The van der Waals surface area contributed by atoms with Crippen LogP contribution in [0, 0.1) is 0 Å². The highest BCUT2D eigenvalue weighted by Crippen LogP contribution is 2.33. The Kier molecular flexibility index (Phi) is 3.73. The molecule has 2 heterocycles. The summed E-state index contributed by atoms with van der Waals surface area (Å²) in [5.74, 6) is 0.409. The van der Waals surface area contributed by atoms with Gasteiger partial charge in [-0.05, 0) is 31.4 Å². The Bertz CT molecular complexity index is 657. The first-order chi connectivity index (χ1) is 10.2. The molecule has 5 heteroatoms. The van der Waals surface area contributed by atoms with Gasteiger partial charge in [-0.2, -0.15) is 0 Å². The first-order valence-corrected chi connectivity index (χ1v) is 7.27. The Morgan fingerprint density at radius 3 is 2.57 bits per heavy atom. The van der Waals surface area contributed by atoms with Gasteiger partial charge in [-0.3, -0.25) is 0 Å². The van der Waals surface area contributed by atoms with Crippen molar-refractivity contribution < 1.29 is 14.3 Å². The van der Waals surface area contributed by atoms with Crippen molar-refractivity contribution >= 4 is 22.6 Å². The number of benzene rings is 1. The van der Waals surface area contributed by atoms with Gasteiger partial charge in [-0.1, -0.05) is 0 Å².